The van der Waals surface area contributed by atoms with E-state index >= 15 is 0 Å². The summed E-state index contributed by atoms with van der Waals surface area (Å²) in [5, 5.41) is 18.9. The molecule has 0 radical (unpaired) electrons. The van der Waals surface area contributed by atoms with Gasteiger partial charge in [-0.1, -0.05) is 17.4 Å². The number of aromatic amines is 1. The third kappa shape index (κ3) is 1.95. The molecular weight excluding hydrogens is 262 g/mol. The number of aryl methyl sites for hydroxylation is 1. The number of amides is 1. The normalized spacial score (nSPS) is 16.7. The summed E-state index contributed by atoms with van der Waals surface area (Å²) in [6.07, 6.45) is 5.16. The Morgan fingerprint density at radius 3 is 2.84 bits per heavy atom. The van der Waals surface area contributed by atoms with Crippen molar-refractivity contribution in [1.29, 1.82) is 0 Å². The van der Waals surface area contributed by atoms with Crippen molar-refractivity contribution < 1.29 is 4.79 Å². The fourth-order valence-electron chi connectivity index (χ4n) is 2.24. The van der Waals surface area contributed by atoms with Crippen molar-refractivity contribution in [3.05, 3.63) is 34.3 Å². The van der Waals surface area contributed by atoms with Crippen LogP contribution in [0.25, 0.3) is 0 Å². The van der Waals surface area contributed by atoms with Crippen LogP contribution < -0.4 is 5.32 Å². The second-order valence-corrected chi connectivity index (χ2v) is 5.66. The number of H-pyrrole nitrogens is 1. The molecule has 2 N–H and O–H groups in total. The first kappa shape index (κ1) is 12.0. The highest BCUT2D eigenvalue weighted by molar-refractivity contribution is 7.10. The molecule has 0 aromatic carbocycles. The first-order valence-electron chi connectivity index (χ1n) is 5.97. The number of thiophene rings is 1. The predicted octanol–water partition coefficient (Wildman–Crippen LogP) is 1.80. The number of carbonyl (C=O) groups is 1. The van der Waals surface area contributed by atoms with E-state index in [-0.39, 0.29) is 5.91 Å². The zero-order valence-corrected chi connectivity index (χ0v) is 11.2. The van der Waals surface area contributed by atoms with Gasteiger partial charge in [0.25, 0.3) is 0 Å². The van der Waals surface area contributed by atoms with Crippen molar-refractivity contribution in [2.75, 3.05) is 5.32 Å². The van der Waals surface area contributed by atoms with Gasteiger partial charge >= 0.3 is 0 Å². The fourth-order valence-corrected chi connectivity index (χ4v) is 2.90. The standard InChI is InChI=1S/C12H13N5OS/c1-8-9(4-7-19-8)13-11(18)12(5-2-3-6-12)10-14-16-17-15-10/h2-4,7H,5-6H2,1H3,(H,13,18)(H,14,15,16,17). The Labute approximate surface area is 113 Å². The van der Waals surface area contributed by atoms with Crippen LogP contribution >= 0.6 is 11.3 Å². The first-order valence-corrected chi connectivity index (χ1v) is 6.85. The lowest BCUT2D eigenvalue weighted by Crippen LogP contribution is -2.39. The molecule has 2 aromatic heterocycles. The fraction of sp³-hybridized carbons (Fsp3) is 0.333. The number of allylic oxidation sites excluding steroid dienone is 2. The van der Waals surface area contributed by atoms with Gasteiger partial charge in [-0.25, -0.2) is 0 Å². The molecule has 0 saturated heterocycles. The third-order valence-corrected chi connectivity index (χ3v) is 4.26. The minimum Gasteiger partial charge on any atom is -0.324 e. The van der Waals surface area contributed by atoms with Gasteiger partial charge in [0.2, 0.25) is 5.91 Å². The van der Waals surface area contributed by atoms with Crippen molar-refractivity contribution in [1.82, 2.24) is 20.6 Å². The van der Waals surface area contributed by atoms with Gasteiger partial charge in [0, 0.05) is 4.88 Å². The molecular formula is C12H13N5OS. The Morgan fingerprint density at radius 1 is 1.47 bits per heavy atom. The van der Waals surface area contributed by atoms with Gasteiger partial charge < -0.3 is 5.32 Å². The molecule has 1 aliphatic carbocycles. The average Bonchev–Trinajstić information content (AvgIpc) is 3.10. The average molecular weight is 275 g/mol. The number of rotatable bonds is 3. The number of anilines is 1. The molecule has 2 heterocycles. The van der Waals surface area contributed by atoms with Gasteiger partial charge in [0.15, 0.2) is 5.82 Å². The summed E-state index contributed by atoms with van der Waals surface area (Å²) in [5.41, 5.74) is 0.117. The summed E-state index contributed by atoms with van der Waals surface area (Å²) in [7, 11) is 0. The van der Waals surface area contributed by atoms with E-state index in [1.165, 1.54) is 0 Å². The maximum Gasteiger partial charge on any atom is 0.239 e. The maximum atomic E-state index is 12.6. The molecule has 0 atom stereocenters. The molecule has 0 spiro atoms. The van der Waals surface area contributed by atoms with Crippen molar-refractivity contribution >= 4 is 22.9 Å². The van der Waals surface area contributed by atoms with Crippen LogP contribution in [0.2, 0.25) is 0 Å². The summed E-state index contributed by atoms with van der Waals surface area (Å²) < 4.78 is 0. The maximum absolute atomic E-state index is 12.6. The van der Waals surface area contributed by atoms with E-state index in [9.17, 15) is 4.79 Å². The summed E-state index contributed by atoms with van der Waals surface area (Å²) in [5.74, 6) is 0.364. The van der Waals surface area contributed by atoms with E-state index < -0.39 is 5.41 Å². The van der Waals surface area contributed by atoms with E-state index in [0.29, 0.717) is 18.7 Å². The SMILES string of the molecule is Cc1sccc1NC(=O)C1(c2nn[nH]n2)CC=CC1. The zero-order valence-electron chi connectivity index (χ0n) is 10.4. The predicted molar refractivity (Wildman–Crippen MR) is 71.9 cm³/mol. The van der Waals surface area contributed by atoms with Crippen LogP contribution in [0.3, 0.4) is 0 Å². The van der Waals surface area contributed by atoms with Gasteiger partial charge in [-0.15, -0.1) is 21.5 Å². The number of hydrogen-bond acceptors (Lipinski definition) is 5. The quantitative estimate of drug-likeness (QED) is 0.837. The molecule has 7 heteroatoms. The molecule has 0 unspecified atom stereocenters. The summed E-state index contributed by atoms with van der Waals surface area (Å²) in [6, 6.07) is 1.91. The molecule has 2 aromatic rings. The van der Waals surface area contributed by atoms with Crippen molar-refractivity contribution in [3.8, 4) is 0 Å². The van der Waals surface area contributed by atoms with Crippen molar-refractivity contribution in [2.45, 2.75) is 25.2 Å². The molecule has 1 aliphatic rings. The van der Waals surface area contributed by atoms with E-state index in [4.69, 9.17) is 0 Å². The molecule has 0 fully saturated rings. The van der Waals surface area contributed by atoms with Gasteiger partial charge in [-0.3, -0.25) is 4.79 Å². The van der Waals surface area contributed by atoms with Crippen LogP contribution in [0.5, 0.6) is 0 Å². The third-order valence-electron chi connectivity index (χ3n) is 3.41. The molecule has 3 rings (SSSR count). The van der Waals surface area contributed by atoms with E-state index in [1.54, 1.807) is 11.3 Å². The lowest BCUT2D eigenvalue weighted by molar-refractivity contribution is -0.121. The Kier molecular flexibility index (Phi) is 2.90. The lowest BCUT2D eigenvalue weighted by atomic mass is 9.83. The Balaban J connectivity index is 1.89. The minimum absolute atomic E-state index is 0.0830. The van der Waals surface area contributed by atoms with Crippen LogP contribution in [-0.4, -0.2) is 26.5 Å². The molecule has 0 bridgehead atoms. The summed E-state index contributed by atoms with van der Waals surface area (Å²) in [6.45, 7) is 1.98. The number of aromatic nitrogens is 4. The van der Waals surface area contributed by atoms with Crippen molar-refractivity contribution in [2.24, 2.45) is 0 Å². The second kappa shape index (κ2) is 4.58. The Hall–Kier alpha value is -2.02. The zero-order chi connectivity index (χ0) is 13.3. The van der Waals surface area contributed by atoms with E-state index in [0.717, 1.165) is 10.6 Å². The number of nitrogens with one attached hydrogen (secondary N) is 2. The second-order valence-electron chi connectivity index (χ2n) is 4.54. The van der Waals surface area contributed by atoms with Crippen LogP contribution in [-0.2, 0) is 10.2 Å². The van der Waals surface area contributed by atoms with Crippen LogP contribution in [0.1, 0.15) is 23.5 Å². The number of nitrogens with zero attached hydrogens (tertiary/aromatic N) is 3. The molecule has 0 aliphatic heterocycles. The van der Waals surface area contributed by atoms with Gasteiger partial charge in [0.1, 0.15) is 5.41 Å². The van der Waals surface area contributed by atoms with Gasteiger partial charge in [-0.05, 0) is 31.2 Å². The molecule has 19 heavy (non-hydrogen) atoms. The number of hydrogen-bond donors (Lipinski definition) is 2. The van der Waals surface area contributed by atoms with Gasteiger partial charge in [0.05, 0.1) is 5.69 Å². The molecule has 98 valence electrons. The van der Waals surface area contributed by atoms with Crippen LogP contribution in [0.4, 0.5) is 5.69 Å². The molecule has 0 saturated carbocycles. The smallest absolute Gasteiger partial charge is 0.239 e. The number of carbonyl (C=O) groups excluding carboxylic acids is 1. The Bertz CT molecular complexity index is 608. The van der Waals surface area contributed by atoms with E-state index in [2.05, 4.69) is 25.9 Å². The lowest BCUT2D eigenvalue weighted by Gasteiger charge is -2.23. The van der Waals surface area contributed by atoms with Crippen molar-refractivity contribution in [3.63, 3.8) is 0 Å². The van der Waals surface area contributed by atoms with E-state index in [1.807, 2.05) is 30.5 Å². The largest absolute Gasteiger partial charge is 0.324 e. The highest BCUT2D eigenvalue weighted by Gasteiger charge is 2.44. The molecule has 6 nitrogen and oxygen atoms in total. The highest BCUT2D eigenvalue weighted by atomic mass is 32.1. The minimum atomic E-state index is -0.735. The topological polar surface area (TPSA) is 83.6 Å². The molecule has 1 amide bonds. The Morgan fingerprint density at radius 2 is 2.26 bits per heavy atom. The number of tetrazole rings is 1. The summed E-state index contributed by atoms with van der Waals surface area (Å²) in [4.78, 5) is 13.7. The summed E-state index contributed by atoms with van der Waals surface area (Å²) >= 11 is 1.61. The monoisotopic (exact) mass is 275 g/mol. The van der Waals surface area contributed by atoms with Crippen LogP contribution in [0.15, 0.2) is 23.6 Å². The van der Waals surface area contributed by atoms with Gasteiger partial charge in [-0.2, -0.15) is 5.21 Å². The van der Waals surface area contributed by atoms with Crippen LogP contribution in [0, 0.1) is 6.92 Å². The highest BCUT2D eigenvalue weighted by Crippen LogP contribution is 2.36. The first-order chi connectivity index (χ1) is 9.22.